The van der Waals surface area contributed by atoms with Gasteiger partial charge in [-0.2, -0.15) is 5.10 Å². The van der Waals surface area contributed by atoms with Crippen LogP contribution in [0.15, 0.2) is 12.3 Å². The van der Waals surface area contributed by atoms with E-state index in [1.165, 1.54) is 0 Å². The van der Waals surface area contributed by atoms with Crippen LogP contribution < -0.4 is 5.32 Å². The summed E-state index contributed by atoms with van der Waals surface area (Å²) in [6.07, 6.45) is 3.29. The zero-order valence-electron chi connectivity index (χ0n) is 10.1. The van der Waals surface area contributed by atoms with Crippen LogP contribution >= 0.6 is 0 Å². The van der Waals surface area contributed by atoms with Gasteiger partial charge in [0.05, 0.1) is 5.69 Å². The van der Waals surface area contributed by atoms with E-state index in [0.29, 0.717) is 13.0 Å². The van der Waals surface area contributed by atoms with Crippen molar-refractivity contribution in [1.82, 2.24) is 15.1 Å². The van der Waals surface area contributed by atoms with Crippen LogP contribution in [0.3, 0.4) is 0 Å². The summed E-state index contributed by atoms with van der Waals surface area (Å²) in [5, 5.41) is 7.26. The van der Waals surface area contributed by atoms with Crippen molar-refractivity contribution < 1.29 is 8.78 Å². The molecule has 1 N–H and O–H groups in total. The van der Waals surface area contributed by atoms with Crippen LogP contribution in [0.25, 0.3) is 0 Å². The number of alkyl halides is 2. The Morgan fingerprint density at radius 1 is 1.59 bits per heavy atom. The number of rotatable bonds is 4. The third kappa shape index (κ3) is 3.25. The van der Waals surface area contributed by atoms with Crippen LogP contribution in [-0.4, -0.2) is 22.8 Å². The van der Waals surface area contributed by atoms with Gasteiger partial charge in [-0.3, -0.25) is 4.68 Å². The van der Waals surface area contributed by atoms with Crippen molar-refractivity contribution in [3.8, 4) is 0 Å². The Morgan fingerprint density at radius 3 is 3.12 bits per heavy atom. The fraction of sp³-hybridized carbons (Fsp3) is 0.750. The van der Waals surface area contributed by atoms with Gasteiger partial charge in [-0.1, -0.05) is 0 Å². The highest BCUT2D eigenvalue weighted by atomic mass is 19.3. The fourth-order valence-electron chi connectivity index (χ4n) is 2.53. The topological polar surface area (TPSA) is 29.9 Å². The van der Waals surface area contributed by atoms with Gasteiger partial charge in [0.15, 0.2) is 0 Å². The highest BCUT2D eigenvalue weighted by Crippen LogP contribution is 2.37. The molecule has 1 unspecified atom stereocenters. The molecule has 1 atom stereocenters. The third-order valence-corrected chi connectivity index (χ3v) is 3.34. The number of hydrogen-bond acceptors (Lipinski definition) is 2. The molecule has 1 aromatic rings. The van der Waals surface area contributed by atoms with Crippen molar-refractivity contribution in [2.75, 3.05) is 7.05 Å². The summed E-state index contributed by atoms with van der Waals surface area (Å²) in [4.78, 5) is 0. The van der Waals surface area contributed by atoms with E-state index in [9.17, 15) is 8.78 Å². The van der Waals surface area contributed by atoms with E-state index in [4.69, 9.17) is 0 Å². The molecule has 2 rings (SSSR count). The largest absolute Gasteiger partial charge is 0.314 e. The normalized spacial score (nSPS) is 23.8. The van der Waals surface area contributed by atoms with Crippen LogP contribution in [-0.2, 0) is 13.1 Å². The van der Waals surface area contributed by atoms with Gasteiger partial charge in [-0.15, -0.1) is 0 Å². The molecule has 96 valence electrons. The van der Waals surface area contributed by atoms with Gasteiger partial charge in [0.1, 0.15) is 0 Å². The van der Waals surface area contributed by atoms with Crippen molar-refractivity contribution in [1.29, 1.82) is 0 Å². The molecule has 3 nitrogen and oxygen atoms in total. The quantitative estimate of drug-likeness (QED) is 0.880. The molecule has 1 aliphatic carbocycles. The van der Waals surface area contributed by atoms with Gasteiger partial charge in [0.2, 0.25) is 5.92 Å². The second kappa shape index (κ2) is 5.12. The van der Waals surface area contributed by atoms with E-state index in [0.717, 1.165) is 18.7 Å². The van der Waals surface area contributed by atoms with Gasteiger partial charge in [-0.05, 0) is 31.9 Å². The van der Waals surface area contributed by atoms with E-state index >= 15 is 0 Å². The first kappa shape index (κ1) is 12.5. The van der Waals surface area contributed by atoms with Crippen molar-refractivity contribution in [3.63, 3.8) is 0 Å². The predicted octanol–water partition coefficient (Wildman–Crippen LogP) is 2.43. The minimum absolute atomic E-state index is 0.00581. The minimum Gasteiger partial charge on any atom is -0.314 e. The number of hydrogen-bond donors (Lipinski definition) is 1. The molecule has 17 heavy (non-hydrogen) atoms. The Morgan fingerprint density at radius 2 is 2.41 bits per heavy atom. The average molecular weight is 243 g/mol. The van der Waals surface area contributed by atoms with E-state index < -0.39 is 5.92 Å². The molecule has 1 aromatic heterocycles. The maximum absolute atomic E-state index is 13.3. The molecule has 0 saturated heterocycles. The molecule has 0 radical (unpaired) electrons. The monoisotopic (exact) mass is 243 g/mol. The van der Waals surface area contributed by atoms with E-state index in [1.807, 2.05) is 17.8 Å². The second-order valence-corrected chi connectivity index (χ2v) is 4.85. The number of nitrogens with zero attached hydrogens (tertiary/aromatic N) is 2. The van der Waals surface area contributed by atoms with Gasteiger partial charge >= 0.3 is 0 Å². The molecule has 0 bridgehead atoms. The SMILES string of the molecule is CNCc1ccnn1CC1CCCC(F)(F)C1. The van der Waals surface area contributed by atoms with Crippen LogP contribution in [0.4, 0.5) is 8.78 Å². The minimum atomic E-state index is -2.47. The summed E-state index contributed by atoms with van der Waals surface area (Å²) >= 11 is 0. The molecule has 1 heterocycles. The summed E-state index contributed by atoms with van der Waals surface area (Å²) in [6.45, 7) is 1.34. The summed E-state index contributed by atoms with van der Waals surface area (Å²) in [5.74, 6) is -2.42. The van der Waals surface area contributed by atoms with Gasteiger partial charge < -0.3 is 5.32 Å². The highest BCUT2D eigenvalue weighted by Gasteiger charge is 2.36. The number of halogens is 2. The highest BCUT2D eigenvalue weighted by molar-refractivity contribution is 5.00. The smallest absolute Gasteiger partial charge is 0.248 e. The Bertz CT molecular complexity index is 362. The molecule has 0 spiro atoms. The first-order valence-electron chi connectivity index (χ1n) is 6.14. The lowest BCUT2D eigenvalue weighted by Gasteiger charge is -2.29. The Labute approximate surface area is 100 Å². The molecule has 1 fully saturated rings. The second-order valence-electron chi connectivity index (χ2n) is 4.85. The van der Waals surface area contributed by atoms with E-state index in [1.54, 1.807) is 6.20 Å². The van der Waals surface area contributed by atoms with Crippen molar-refractivity contribution >= 4 is 0 Å². The zero-order chi connectivity index (χ0) is 12.3. The van der Waals surface area contributed by atoms with Crippen molar-refractivity contribution in [2.45, 2.75) is 44.7 Å². The maximum Gasteiger partial charge on any atom is 0.248 e. The summed E-state index contributed by atoms with van der Waals surface area (Å²) in [7, 11) is 1.87. The Balaban J connectivity index is 1.98. The maximum atomic E-state index is 13.3. The number of nitrogens with one attached hydrogen (secondary N) is 1. The Kier molecular flexibility index (Phi) is 3.76. The summed E-state index contributed by atoms with van der Waals surface area (Å²) < 4.78 is 28.4. The van der Waals surface area contributed by atoms with Crippen LogP contribution in [0.1, 0.15) is 31.4 Å². The molecule has 5 heteroatoms. The van der Waals surface area contributed by atoms with Crippen LogP contribution in [0.2, 0.25) is 0 Å². The lowest BCUT2D eigenvalue weighted by atomic mass is 9.86. The Hall–Kier alpha value is -0.970. The molecular formula is C12H19F2N3. The fourth-order valence-corrected chi connectivity index (χ4v) is 2.53. The molecule has 0 amide bonds. The standard InChI is InChI=1S/C12H19F2N3/c1-15-8-11-4-6-16-17(11)9-10-3-2-5-12(13,14)7-10/h4,6,10,15H,2-3,5,7-9H2,1H3. The van der Waals surface area contributed by atoms with Crippen LogP contribution in [0, 0.1) is 5.92 Å². The summed E-state index contributed by atoms with van der Waals surface area (Å²) in [6, 6.07) is 1.93. The van der Waals surface area contributed by atoms with Crippen LogP contribution in [0.5, 0.6) is 0 Å². The number of aromatic nitrogens is 2. The molecule has 0 aromatic carbocycles. The van der Waals surface area contributed by atoms with Gasteiger partial charge in [-0.25, -0.2) is 8.78 Å². The van der Waals surface area contributed by atoms with Crippen molar-refractivity contribution in [2.24, 2.45) is 5.92 Å². The summed E-state index contributed by atoms with van der Waals surface area (Å²) in [5.41, 5.74) is 1.06. The lowest BCUT2D eigenvalue weighted by molar-refractivity contribution is -0.0553. The molecule has 1 saturated carbocycles. The average Bonchev–Trinajstić information content (AvgIpc) is 2.65. The molecule has 0 aliphatic heterocycles. The predicted molar refractivity (Wildman–Crippen MR) is 61.9 cm³/mol. The lowest BCUT2D eigenvalue weighted by Crippen LogP contribution is -2.29. The zero-order valence-corrected chi connectivity index (χ0v) is 10.1. The molecular weight excluding hydrogens is 224 g/mol. The molecule has 1 aliphatic rings. The first-order chi connectivity index (χ1) is 8.11. The van der Waals surface area contributed by atoms with Gasteiger partial charge in [0.25, 0.3) is 0 Å². The van der Waals surface area contributed by atoms with Crippen molar-refractivity contribution in [3.05, 3.63) is 18.0 Å². The first-order valence-corrected chi connectivity index (χ1v) is 6.14. The van der Waals surface area contributed by atoms with Gasteiger partial charge in [0, 0.05) is 32.1 Å². The van der Waals surface area contributed by atoms with E-state index in [2.05, 4.69) is 10.4 Å². The third-order valence-electron chi connectivity index (χ3n) is 3.34. The van der Waals surface area contributed by atoms with E-state index in [-0.39, 0.29) is 18.8 Å².